The van der Waals surface area contributed by atoms with Crippen molar-refractivity contribution < 1.29 is 9.90 Å². The molecular formula is C13H18O2S. The van der Waals surface area contributed by atoms with Gasteiger partial charge in [-0.1, -0.05) is 6.92 Å². The van der Waals surface area contributed by atoms with Crippen LogP contribution < -0.4 is 0 Å². The van der Waals surface area contributed by atoms with Crippen molar-refractivity contribution in [3.63, 3.8) is 0 Å². The van der Waals surface area contributed by atoms with E-state index in [1.807, 2.05) is 19.1 Å². The molecule has 0 amide bonds. The molecular weight excluding hydrogens is 220 g/mol. The highest BCUT2D eigenvalue weighted by Gasteiger charge is 2.39. The molecule has 0 atom stereocenters. The quantitative estimate of drug-likeness (QED) is 0.803. The molecule has 0 unspecified atom stereocenters. The Morgan fingerprint density at radius 1 is 1.44 bits per heavy atom. The third-order valence-corrected chi connectivity index (χ3v) is 4.49. The maximum absolute atomic E-state index is 12.2. The van der Waals surface area contributed by atoms with E-state index in [4.69, 9.17) is 0 Å². The summed E-state index contributed by atoms with van der Waals surface area (Å²) in [6.07, 6.45) is 3.13. The Morgan fingerprint density at radius 3 is 2.56 bits per heavy atom. The predicted molar refractivity (Wildman–Crippen MR) is 66.0 cm³/mol. The van der Waals surface area contributed by atoms with Gasteiger partial charge < -0.3 is 5.11 Å². The van der Waals surface area contributed by atoms with E-state index in [-0.39, 0.29) is 5.78 Å². The maximum atomic E-state index is 12.2. The Morgan fingerprint density at radius 2 is 2.06 bits per heavy atom. The molecule has 2 rings (SSSR count). The summed E-state index contributed by atoms with van der Waals surface area (Å²) < 4.78 is 0. The average Bonchev–Trinajstić information content (AvgIpc) is 2.68. The van der Waals surface area contributed by atoms with Crippen molar-refractivity contribution >= 4 is 17.1 Å². The summed E-state index contributed by atoms with van der Waals surface area (Å²) in [7, 11) is 0. The number of Topliss-reactive ketones (excluding diaryl/α,β-unsaturated/α-hetero) is 1. The number of carbonyl (C=O) groups excluding carboxylic acids is 1. The molecule has 1 aromatic rings. The van der Waals surface area contributed by atoms with Crippen molar-refractivity contribution in [1.82, 2.24) is 0 Å². The molecule has 1 saturated carbocycles. The molecule has 1 heterocycles. The van der Waals surface area contributed by atoms with Crippen LogP contribution in [0.25, 0.3) is 0 Å². The normalized spacial score (nSPS) is 30.3. The van der Waals surface area contributed by atoms with Gasteiger partial charge in [0, 0.05) is 4.88 Å². The Labute approximate surface area is 100 Å². The fourth-order valence-electron chi connectivity index (χ4n) is 2.25. The topological polar surface area (TPSA) is 37.3 Å². The summed E-state index contributed by atoms with van der Waals surface area (Å²) in [6, 6.07) is 3.77. The van der Waals surface area contributed by atoms with Crippen molar-refractivity contribution in [2.45, 2.75) is 45.1 Å². The lowest BCUT2D eigenvalue weighted by Gasteiger charge is -2.33. The third kappa shape index (κ3) is 2.20. The molecule has 0 aliphatic heterocycles. The monoisotopic (exact) mass is 238 g/mol. The number of thiophene rings is 1. The van der Waals surface area contributed by atoms with Crippen LogP contribution in [0.5, 0.6) is 0 Å². The molecule has 88 valence electrons. The standard InChI is InChI=1S/C13H18O2S/c1-9-5-7-13(15,8-6-9)12(14)11-4-3-10(2)16-11/h3-4,9,15H,5-8H2,1-2H3. The van der Waals surface area contributed by atoms with E-state index >= 15 is 0 Å². The van der Waals surface area contributed by atoms with Crippen LogP contribution in [0.2, 0.25) is 0 Å². The van der Waals surface area contributed by atoms with Crippen LogP contribution in [0.4, 0.5) is 0 Å². The van der Waals surface area contributed by atoms with Crippen molar-refractivity contribution in [2.24, 2.45) is 5.92 Å². The van der Waals surface area contributed by atoms with E-state index < -0.39 is 5.60 Å². The summed E-state index contributed by atoms with van der Waals surface area (Å²) in [5.74, 6) is 0.565. The Hall–Kier alpha value is -0.670. The maximum Gasteiger partial charge on any atom is 0.204 e. The Bertz CT molecular complexity index is 386. The highest BCUT2D eigenvalue weighted by Crippen LogP contribution is 2.35. The van der Waals surface area contributed by atoms with Crippen LogP contribution in [-0.2, 0) is 0 Å². The molecule has 16 heavy (non-hydrogen) atoms. The summed E-state index contributed by atoms with van der Waals surface area (Å²) >= 11 is 1.48. The van der Waals surface area contributed by atoms with Gasteiger partial charge in [0.2, 0.25) is 5.78 Å². The van der Waals surface area contributed by atoms with Gasteiger partial charge in [-0.3, -0.25) is 4.79 Å². The lowest BCUT2D eigenvalue weighted by Crippen LogP contribution is -2.41. The average molecular weight is 238 g/mol. The van der Waals surface area contributed by atoms with E-state index in [2.05, 4.69) is 6.92 Å². The molecule has 2 nitrogen and oxygen atoms in total. The van der Waals surface area contributed by atoms with Crippen molar-refractivity contribution in [2.75, 3.05) is 0 Å². The van der Waals surface area contributed by atoms with Crippen molar-refractivity contribution in [3.8, 4) is 0 Å². The van der Waals surface area contributed by atoms with Gasteiger partial charge in [0.05, 0.1) is 4.88 Å². The minimum Gasteiger partial charge on any atom is -0.382 e. The van der Waals surface area contributed by atoms with E-state index in [0.717, 1.165) is 17.7 Å². The second-order valence-electron chi connectivity index (χ2n) is 4.95. The van der Waals surface area contributed by atoms with Gasteiger partial charge in [-0.05, 0) is 50.7 Å². The summed E-state index contributed by atoms with van der Waals surface area (Å²) in [5.41, 5.74) is -1.09. The van der Waals surface area contributed by atoms with E-state index in [1.165, 1.54) is 11.3 Å². The molecule has 3 heteroatoms. The van der Waals surface area contributed by atoms with Gasteiger partial charge in [0.15, 0.2) is 0 Å². The van der Waals surface area contributed by atoms with Gasteiger partial charge in [0.1, 0.15) is 5.60 Å². The third-order valence-electron chi connectivity index (χ3n) is 3.49. The SMILES string of the molecule is Cc1ccc(C(=O)C2(O)CCC(C)CC2)s1. The number of carbonyl (C=O) groups is 1. The zero-order valence-corrected chi connectivity index (χ0v) is 10.6. The van der Waals surface area contributed by atoms with Crippen LogP contribution in [0.1, 0.15) is 47.2 Å². The smallest absolute Gasteiger partial charge is 0.204 e. The second kappa shape index (κ2) is 4.30. The first-order valence-corrected chi connectivity index (χ1v) is 6.66. The fraction of sp³-hybridized carbons (Fsp3) is 0.615. The van der Waals surface area contributed by atoms with Gasteiger partial charge in [-0.2, -0.15) is 0 Å². The summed E-state index contributed by atoms with van der Waals surface area (Å²) in [5, 5.41) is 10.4. The first kappa shape index (κ1) is 11.8. The molecule has 1 fully saturated rings. The molecule has 1 N–H and O–H groups in total. The van der Waals surface area contributed by atoms with Gasteiger partial charge in [-0.15, -0.1) is 11.3 Å². The lowest BCUT2D eigenvalue weighted by atomic mass is 9.77. The largest absolute Gasteiger partial charge is 0.382 e. The Balaban J connectivity index is 2.15. The predicted octanol–water partition coefficient (Wildman–Crippen LogP) is 3.18. The second-order valence-corrected chi connectivity index (χ2v) is 6.24. The summed E-state index contributed by atoms with van der Waals surface area (Å²) in [4.78, 5) is 14.0. The highest BCUT2D eigenvalue weighted by atomic mass is 32.1. The minimum atomic E-state index is -1.09. The van der Waals surface area contributed by atoms with Crippen LogP contribution in [-0.4, -0.2) is 16.5 Å². The van der Waals surface area contributed by atoms with Gasteiger partial charge >= 0.3 is 0 Å². The number of hydrogen-bond acceptors (Lipinski definition) is 3. The molecule has 1 aliphatic carbocycles. The zero-order valence-electron chi connectivity index (χ0n) is 9.82. The van der Waals surface area contributed by atoms with Gasteiger partial charge in [0.25, 0.3) is 0 Å². The van der Waals surface area contributed by atoms with Crippen LogP contribution in [0.3, 0.4) is 0 Å². The first-order valence-electron chi connectivity index (χ1n) is 5.85. The van der Waals surface area contributed by atoms with Gasteiger partial charge in [-0.25, -0.2) is 0 Å². The van der Waals surface area contributed by atoms with Crippen LogP contribution >= 0.6 is 11.3 Å². The van der Waals surface area contributed by atoms with E-state index in [9.17, 15) is 9.90 Å². The molecule has 0 radical (unpaired) electrons. The number of ketones is 1. The molecule has 1 aromatic heterocycles. The minimum absolute atomic E-state index is 0.0718. The number of aliphatic hydroxyl groups is 1. The molecule has 0 bridgehead atoms. The highest BCUT2D eigenvalue weighted by molar-refractivity contribution is 7.14. The molecule has 1 aliphatic rings. The molecule has 0 saturated heterocycles. The molecule has 0 aromatic carbocycles. The summed E-state index contributed by atoms with van der Waals surface area (Å²) in [6.45, 7) is 4.16. The lowest BCUT2D eigenvalue weighted by molar-refractivity contribution is 0.00463. The van der Waals surface area contributed by atoms with E-state index in [1.54, 1.807) is 0 Å². The number of hydrogen-bond donors (Lipinski definition) is 1. The Kier molecular flexibility index (Phi) is 3.17. The van der Waals surface area contributed by atoms with Crippen LogP contribution in [0, 0.1) is 12.8 Å². The van der Waals surface area contributed by atoms with Crippen molar-refractivity contribution in [3.05, 3.63) is 21.9 Å². The van der Waals surface area contributed by atoms with Crippen LogP contribution in [0.15, 0.2) is 12.1 Å². The fourth-order valence-corrected chi connectivity index (χ4v) is 3.15. The van der Waals surface area contributed by atoms with E-state index in [0.29, 0.717) is 23.6 Å². The number of rotatable bonds is 2. The number of aryl methyl sites for hydroxylation is 1. The zero-order chi connectivity index (χ0) is 11.8. The molecule has 0 spiro atoms. The first-order chi connectivity index (χ1) is 7.51. The van der Waals surface area contributed by atoms with Crippen molar-refractivity contribution in [1.29, 1.82) is 0 Å².